The molecule has 1 aliphatic heterocycles. The highest BCUT2D eigenvalue weighted by Gasteiger charge is 2.45. The fraction of sp³-hybridized carbons (Fsp3) is 0.520. The number of ether oxygens (including phenoxy) is 1. The van der Waals surface area contributed by atoms with Crippen molar-refractivity contribution in [3.05, 3.63) is 58.6 Å². The average Bonchev–Trinajstić information content (AvgIpc) is 3.22. The second-order valence-electron chi connectivity index (χ2n) is 9.95. The third-order valence-corrected chi connectivity index (χ3v) is 7.58. The number of fused-ring (bicyclic) bond motifs is 2. The van der Waals surface area contributed by atoms with Gasteiger partial charge in [0.15, 0.2) is 0 Å². The molecule has 3 aliphatic rings. The summed E-state index contributed by atoms with van der Waals surface area (Å²) in [6, 6.07) is 4.18. The number of hydrogen-bond donors (Lipinski definition) is 1. The molecule has 1 saturated carbocycles. The molecule has 2 unspecified atom stereocenters. The first-order valence-corrected chi connectivity index (χ1v) is 12.1. The Morgan fingerprint density at radius 2 is 2.09 bits per heavy atom. The standard InChI is InChI=1S/C25H31N7O2/c1-15-16(4-7-23(27-15)31-9-17-8-18(17)10-31)11-32-12-19(21(29-32)13-34-3)25(33)28-20-5-6-22-24(20)26-14-30(22)2/h4,7,12,14,17-18,20H,5-6,8-11,13H2,1-3H3,(H,28,33)/t17?,18?,20-/m1/s1. The van der Waals surface area contributed by atoms with E-state index >= 15 is 0 Å². The van der Waals surface area contributed by atoms with E-state index < -0.39 is 0 Å². The lowest BCUT2D eigenvalue weighted by molar-refractivity contribution is 0.0931. The minimum atomic E-state index is -0.139. The summed E-state index contributed by atoms with van der Waals surface area (Å²) in [6.07, 6.45) is 6.80. The van der Waals surface area contributed by atoms with Gasteiger partial charge in [-0.1, -0.05) is 6.07 Å². The van der Waals surface area contributed by atoms with Gasteiger partial charge in [-0.3, -0.25) is 9.48 Å². The van der Waals surface area contributed by atoms with Crippen molar-refractivity contribution in [2.45, 2.75) is 45.4 Å². The number of carbonyl (C=O) groups is 1. The van der Waals surface area contributed by atoms with Crippen molar-refractivity contribution in [1.29, 1.82) is 0 Å². The van der Waals surface area contributed by atoms with Gasteiger partial charge in [0.25, 0.3) is 5.91 Å². The lowest BCUT2D eigenvalue weighted by Crippen LogP contribution is -2.28. The number of methoxy groups -OCH3 is 1. The third-order valence-electron chi connectivity index (χ3n) is 7.58. The number of pyridine rings is 1. The molecule has 9 heteroatoms. The molecule has 2 aliphatic carbocycles. The molecule has 0 spiro atoms. The SMILES string of the molecule is COCc1nn(Cc2ccc(N3CC4CC4C3)nc2C)cc1C(=O)N[C@@H]1CCc2c1ncn2C. The normalized spacial score (nSPS) is 22.7. The van der Waals surface area contributed by atoms with Crippen LogP contribution in [0.3, 0.4) is 0 Å². The molecule has 34 heavy (non-hydrogen) atoms. The smallest absolute Gasteiger partial charge is 0.255 e. The summed E-state index contributed by atoms with van der Waals surface area (Å²) in [7, 11) is 3.61. The van der Waals surface area contributed by atoms with Gasteiger partial charge in [0.05, 0.1) is 36.8 Å². The number of carbonyl (C=O) groups excluding carboxylic acids is 1. The summed E-state index contributed by atoms with van der Waals surface area (Å²) in [6.45, 7) is 5.16. The van der Waals surface area contributed by atoms with Gasteiger partial charge in [-0.15, -0.1) is 0 Å². The first kappa shape index (κ1) is 21.3. The van der Waals surface area contributed by atoms with E-state index in [2.05, 4.69) is 32.4 Å². The lowest BCUT2D eigenvalue weighted by atomic mass is 10.2. The maximum atomic E-state index is 13.2. The molecule has 3 atom stereocenters. The molecule has 1 saturated heterocycles. The van der Waals surface area contributed by atoms with Crippen LogP contribution in [-0.4, -0.2) is 50.4 Å². The maximum Gasteiger partial charge on any atom is 0.255 e. The Kier molecular flexibility index (Phi) is 5.17. The summed E-state index contributed by atoms with van der Waals surface area (Å²) in [5.41, 5.74) is 5.44. The second kappa shape index (κ2) is 8.23. The minimum Gasteiger partial charge on any atom is -0.378 e. The summed E-state index contributed by atoms with van der Waals surface area (Å²) in [5, 5.41) is 7.83. The molecule has 4 heterocycles. The number of aryl methyl sites for hydroxylation is 2. The van der Waals surface area contributed by atoms with E-state index in [0.717, 1.165) is 60.5 Å². The Morgan fingerprint density at radius 1 is 1.26 bits per heavy atom. The van der Waals surface area contributed by atoms with E-state index in [1.807, 2.05) is 35.7 Å². The van der Waals surface area contributed by atoms with Crippen molar-refractivity contribution < 1.29 is 9.53 Å². The van der Waals surface area contributed by atoms with Crippen LogP contribution in [0.4, 0.5) is 5.82 Å². The van der Waals surface area contributed by atoms with Crippen LogP contribution in [0.2, 0.25) is 0 Å². The van der Waals surface area contributed by atoms with Gasteiger partial charge < -0.3 is 19.5 Å². The van der Waals surface area contributed by atoms with Crippen LogP contribution in [0, 0.1) is 18.8 Å². The molecule has 0 radical (unpaired) electrons. The van der Waals surface area contributed by atoms with Gasteiger partial charge >= 0.3 is 0 Å². The predicted molar refractivity (Wildman–Crippen MR) is 127 cm³/mol. The van der Waals surface area contributed by atoms with E-state index in [-0.39, 0.29) is 18.6 Å². The Hall–Kier alpha value is -3.20. The van der Waals surface area contributed by atoms with Gasteiger partial charge in [0, 0.05) is 44.8 Å². The molecule has 0 bridgehead atoms. The van der Waals surface area contributed by atoms with Crippen molar-refractivity contribution in [2.75, 3.05) is 25.1 Å². The largest absolute Gasteiger partial charge is 0.378 e. The zero-order valence-electron chi connectivity index (χ0n) is 20.0. The Balaban J connectivity index is 1.18. The second-order valence-corrected chi connectivity index (χ2v) is 9.95. The monoisotopic (exact) mass is 461 g/mol. The molecule has 9 nitrogen and oxygen atoms in total. The van der Waals surface area contributed by atoms with Crippen molar-refractivity contribution in [1.82, 2.24) is 29.6 Å². The maximum absolute atomic E-state index is 13.2. The lowest BCUT2D eigenvalue weighted by Gasteiger charge is -2.20. The first-order chi connectivity index (χ1) is 16.5. The quantitative estimate of drug-likeness (QED) is 0.581. The summed E-state index contributed by atoms with van der Waals surface area (Å²) < 4.78 is 9.18. The number of piperidine rings is 1. The molecule has 6 rings (SSSR count). The minimum absolute atomic E-state index is 0.0712. The van der Waals surface area contributed by atoms with Crippen LogP contribution in [0.25, 0.3) is 0 Å². The van der Waals surface area contributed by atoms with E-state index in [1.165, 1.54) is 12.1 Å². The highest BCUT2D eigenvalue weighted by molar-refractivity contribution is 5.95. The van der Waals surface area contributed by atoms with Gasteiger partial charge in [-0.05, 0) is 49.7 Å². The number of amides is 1. The highest BCUT2D eigenvalue weighted by Crippen LogP contribution is 2.46. The molecule has 0 aromatic carbocycles. The molecular formula is C25H31N7O2. The average molecular weight is 462 g/mol. The van der Waals surface area contributed by atoms with Crippen molar-refractivity contribution in [2.24, 2.45) is 18.9 Å². The van der Waals surface area contributed by atoms with Crippen molar-refractivity contribution in [3.63, 3.8) is 0 Å². The zero-order chi connectivity index (χ0) is 23.4. The van der Waals surface area contributed by atoms with Gasteiger partial charge in [0.1, 0.15) is 11.5 Å². The van der Waals surface area contributed by atoms with Crippen molar-refractivity contribution >= 4 is 11.7 Å². The highest BCUT2D eigenvalue weighted by atomic mass is 16.5. The Labute approximate surface area is 199 Å². The molecule has 3 aromatic rings. The molecule has 2 fully saturated rings. The zero-order valence-corrected chi connectivity index (χ0v) is 20.0. The van der Waals surface area contributed by atoms with Crippen LogP contribution in [0.1, 0.15) is 57.6 Å². The van der Waals surface area contributed by atoms with E-state index in [0.29, 0.717) is 17.8 Å². The Morgan fingerprint density at radius 3 is 2.85 bits per heavy atom. The number of hydrogen-bond acceptors (Lipinski definition) is 6. The summed E-state index contributed by atoms with van der Waals surface area (Å²) >= 11 is 0. The Bertz CT molecular complexity index is 1240. The number of nitrogens with one attached hydrogen (secondary N) is 1. The fourth-order valence-corrected chi connectivity index (χ4v) is 5.52. The van der Waals surface area contributed by atoms with Gasteiger partial charge in [-0.2, -0.15) is 5.10 Å². The topological polar surface area (TPSA) is 90.1 Å². The number of rotatable bonds is 7. The van der Waals surface area contributed by atoms with E-state index in [4.69, 9.17) is 9.72 Å². The fourth-order valence-electron chi connectivity index (χ4n) is 5.52. The molecule has 1 amide bonds. The van der Waals surface area contributed by atoms with E-state index in [1.54, 1.807) is 7.11 Å². The van der Waals surface area contributed by atoms with Crippen molar-refractivity contribution in [3.8, 4) is 0 Å². The molecule has 1 N–H and O–H groups in total. The van der Waals surface area contributed by atoms with Crippen LogP contribution < -0.4 is 10.2 Å². The molecule has 3 aromatic heterocycles. The number of imidazole rings is 1. The molecular weight excluding hydrogens is 430 g/mol. The van der Waals surface area contributed by atoms with Crippen LogP contribution in [-0.2, 0) is 31.4 Å². The first-order valence-electron chi connectivity index (χ1n) is 12.1. The predicted octanol–water partition coefficient (Wildman–Crippen LogP) is 2.39. The van der Waals surface area contributed by atoms with Gasteiger partial charge in [-0.25, -0.2) is 9.97 Å². The van der Waals surface area contributed by atoms with Gasteiger partial charge in [0.2, 0.25) is 0 Å². The van der Waals surface area contributed by atoms with E-state index in [9.17, 15) is 4.79 Å². The van der Waals surface area contributed by atoms with Crippen LogP contribution >= 0.6 is 0 Å². The number of aromatic nitrogens is 5. The number of nitrogens with zero attached hydrogens (tertiary/aromatic N) is 6. The van der Waals surface area contributed by atoms with Crippen LogP contribution in [0.5, 0.6) is 0 Å². The summed E-state index contributed by atoms with van der Waals surface area (Å²) in [5.74, 6) is 2.69. The number of anilines is 1. The molecule has 178 valence electrons. The summed E-state index contributed by atoms with van der Waals surface area (Å²) in [4.78, 5) is 25.0. The van der Waals surface area contributed by atoms with Crippen LogP contribution in [0.15, 0.2) is 24.7 Å². The third kappa shape index (κ3) is 3.77.